The van der Waals surface area contributed by atoms with Gasteiger partial charge < -0.3 is 9.64 Å². The molecule has 1 atom stereocenters. The van der Waals surface area contributed by atoms with Crippen molar-refractivity contribution >= 4 is 27.5 Å². The van der Waals surface area contributed by atoms with E-state index in [0.29, 0.717) is 30.1 Å². The van der Waals surface area contributed by atoms with E-state index in [1.165, 1.54) is 11.1 Å². The normalized spacial score (nSPS) is 19.2. The van der Waals surface area contributed by atoms with Gasteiger partial charge in [-0.05, 0) is 45.2 Å². The van der Waals surface area contributed by atoms with Gasteiger partial charge in [-0.3, -0.25) is 0 Å². The van der Waals surface area contributed by atoms with E-state index in [2.05, 4.69) is 4.98 Å². The number of aromatic nitrogens is 1. The molecule has 1 amide bonds. The molecule has 0 unspecified atom stereocenters. The fourth-order valence-electron chi connectivity index (χ4n) is 2.57. The molecule has 8 heteroatoms. The van der Waals surface area contributed by atoms with Crippen molar-refractivity contribution in [1.29, 1.82) is 0 Å². The number of carbonyl (C=O) groups excluding carboxylic acids is 1. The standard InChI is InChI=1S/C16H23ClN2O4S/c1-16(2,3)23-15(20)19-8-4-5-13(10-19)24(21,22)11-12-6-7-14(17)18-9-12/h6-7,9,13H,4-5,8,10-11H2,1-3H3/t13-/m1/s1. The molecule has 1 saturated heterocycles. The van der Waals surface area contributed by atoms with Gasteiger partial charge >= 0.3 is 6.09 Å². The Kier molecular flexibility index (Phi) is 5.75. The van der Waals surface area contributed by atoms with Gasteiger partial charge in [-0.1, -0.05) is 17.7 Å². The number of halogens is 1. The molecule has 2 rings (SSSR count). The van der Waals surface area contributed by atoms with Crippen LogP contribution in [0.25, 0.3) is 0 Å². The lowest BCUT2D eigenvalue weighted by molar-refractivity contribution is 0.0219. The Hall–Kier alpha value is -1.34. The minimum absolute atomic E-state index is 0.107. The smallest absolute Gasteiger partial charge is 0.410 e. The maximum atomic E-state index is 12.7. The third-order valence-electron chi connectivity index (χ3n) is 3.69. The molecule has 1 fully saturated rings. The summed E-state index contributed by atoms with van der Waals surface area (Å²) < 4.78 is 30.6. The zero-order valence-electron chi connectivity index (χ0n) is 14.2. The third kappa shape index (κ3) is 5.34. The molecule has 134 valence electrons. The maximum Gasteiger partial charge on any atom is 0.410 e. The number of nitrogens with zero attached hydrogens (tertiary/aromatic N) is 2. The van der Waals surface area contributed by atoms with Crippen LogP contribution in [-0.4, -0.2) is 48.3 Å². The Morgan fingerprint density at radius 3 is 2.71 bits per heavy atom. The van der Waals surface area contributed by atoms with E-state index in [-0.39, 0.29) is 12.3 Å². The predicted octanol–water partition coefficient (Wildman–Crippen LogP) is 3.05. The van der Waals surface area contributed by atoms with Crippen molar-refractivity contribution in [3.8, 4) is 0 Å². The largest absolute Gasteiger partial charge is 0.444 e. The van der Waals surface area contributed by atoms with Gasteiger partial charge in [-0.15, -0.1) is 0 Å². The number of hydrogen-bond donors (Lipinski definition) is 0. The highest BCUT2D eigenvalue weighted by Gasteiger charge is 2.34. The number of amides is 1. The molecule has 6 nitrogen and oxygen atoms in total. The van der Waals surface area contributed by atoms with Crippen LogP contribution in [0.3, 0.4) is 0 Å². The van der Waals surface area contributed by atoms with Gasteiger partial charge in [0.25, 0.3) is 0 Å². The first kappa shape index (κ1) is 19.0. The molecule has 0 aliphatic carbocycles. The summed E-state index contributed by atoms with van der Waals surface area (Å²) in [5.41, 5.74) is -0.00785. The number of carbonyl (C=O) groups is 1. The van der Waals surface area contributed by atoms with Crippen molar-refractivity contribution in [1.82, 2.24) is 9.88 Å². The number of hydrogen-bond acceptors (Lipinski definition) is 5. The van der Waals surface area contributed by atoms with E-state index >= 15 is 0 Å². The first-order valence-electron chi connectivity index (χ1n) is 7.87. The van der Waals surface area contributed by atoms with Crippen molar-refractivity contribution < 1.29 is 17.9 Å². The summed E-state index contributed by atoms with van der Waals surface area (Å²) in [6.07, 6.45) is 2.19. The molecule has 0 saturated carbocycles. The van der Waals surface area contributed by atoms with Crippen molar-refractivity contribution in [2.75, 3.05) is 13.1 Å². The number of sulfone groups is 1. The molecule has 0 bridgehead atoms. The molecule has 0 radical (unpaired) electrons. The van der Waals surface area contributed by atoms with E-state index in [4.69, 9.17) is 16.3 Å². The van der Waals surface area contributed by atoms with E-state index in [1.54, 1.807) is 32.9 Å². The van der Waals surface area contributed by atoms with Crippen LogP contribution in [0.2, 0.25) is 5.15 Å². The minimum Gasteiger partial charge on any atom is -0.444 e. The first-order valence-corrected chi connectivity index (χ1v) is 9.96. The summed E-state index contributed by atoms with van der Waals surface area (Å²) in [5.74, 6) is -0.107. The molecule has 0 spiro atoms. The molecule has 1 aromatic heterocycles. The lowest BCUT2D eigenvalue weighted by atomic mass is 10.1. The second-order valence-electron chi connectivity index (χ2n) is 6.99. The van der Waals surface area contributed by atoms with Gasteiger partial charge in [0.1, 0.15) is 10.8 Å². The molecule has 24 heavy (non-hydrogen) atoms. The molecule has 2 heterocycles. The van der Waals surface area contributed by atoms with Gasteiger partial charge in [0.2, 0.25) is 0 Å². The van der Waals surface area contributed by atoms with Crippen LogP contribution in [0, 0.1) is 0 Å². The highest BCUT2D eigenvalue weighted by molar-refractivity contribution is 7.91. The van der Waals surface area contributed by atoms with Crippen LogP contribution >= 0.6 is 11.6 Å². The monoisotopic (exact) mass is 374 g/mol. The molecular weight excluding hydrogens is 352 g/mol. The predicted molar refractivity (Wildman–Crippen MR) is 92.7 cm³/mol. The van der Waals surface area contributed by atoms with Gasteiger partial charge in [0.15, 0.2) is 9.84 Å². The summed E-state index contributed by atoms with van der Waals surface area (Å²) in [4.78, 5) is 17.6. The van der Waals surface area contributed by atoms with Crippen LogP contribution < -0.4 is 0 Å². The Morgan fingerprint density at radius 1 is 1.42 bits per heavy atom. The second-order valence-corrected chi connectivity index (χ2v) is 9.66. The zero-order valence-corrected chi connectivity index (χ0v) is 15.7. The number of likely N-dealkylation sites (tertiary alicyclic amines) is 1. The first-order chi connectivity index (χ1) is 11.1. The molecule has 1 aliphatic rings. The SMILES string of the molecule is CC(C)(C)OC(=O)N1CCC[C@@H](S(=O)(=O)Cc2ccc(Cl)nc2)C1. The van der Waals surface area contributed by atoms with E-state index in [0.717, 1.165) is 0 Å². The fraction of sp³-hybridized carbons (Fsp3) is 0.625. The second kappa shape index (κ2) is 7.27. The number of rotatable bonds is 3. The van der Waals surface area contributed by atoms with Gasteiger partial charge in [-0.2, -0.15) is 0 Å². The molecule has 0 aromatic carbocycles. The summed E-state index contributed by atoms with van der Waals surface area (Å²) in [6.45, 7) is 6.05. The minimum atomic E-state index is -3.39. The van der Waals surface area contributed by atoms with Crippen LogP contribution in [-0.2, 0) is 20.3 Å². The van der Waals surface area contributed by atoms with E-state index < -0.39 is 26.8 Å². The fourth-order valence-corrected chi connectivity index (χ4v) is 4.48. The molecule has 1 aliphatic heterocycles. The van der Waals surface area contributed by atoms with Crippen LogP contribution in [0.4, 0.5) is 4.79 Å². The summed E-state index contributed by atoms with van der Waals surface area (Å²) in [6, 6.07) is 3.22. The molecule has 1 aromatic rings. The number of pyridine rings is 1. The van der Waals surface area contributed by atoms with Gasteiger partial charge in [0.05, 0.1) is 11.0 Å². The molecular formula is C16H23ClN2O4S. The van der Waals surface area contributed by atoms with Crippen molar-refractivity contribution in [3.05, 3.63) is 29.0 Å². The summed E-state index contributed by atoms with van der Waals surface area (Å²) in [7, 11) is -3.39. The Balaban J connectivity index is 2.04. The highest BCUT2D eigenvalue weighted by Crippen LogP contribution is 2.22. The lowest BCUT2D eigenvalue weighted by Crippen LogP contribution is -2.47. The van der Waals surface area contributed by atoms with Crippen molar-refractivity contribution in [2.24, 2.45) is 0 Å². The topological polar surface area (TPSA) is 76.6 Å². The van der Waals surface area contributed by atoms with Crippen LogP contribution in [0.5, 0.6) is 0 Å². The van der Waals surface area contributed by atoms with Crippen molar-refractivity contribution in [3.63, 3.8) is 0 Å². The van der Waals surface area contributed by atoms with E-state index in [9.17, 15) is 13.2 Å². The van der Waals surface area contributed by atoms with Gasteiger partial charge in [-0.25, -0.2) is 18.2 Å². The van der Waals surface area contributed by atoms with Gasteiger partial charge in [0, 0.05) is 19.3 Å². The Bertz CT molecular complexity index is 683. The van der Waals surface area contributed by atoms with Crippen molar-refractivity contribution in [2.45, 2.75) is 50.2 Å². The molecule has 0 N–H and O–H groups in total. The average Bonchev–Trinajstić information content (AvgIpc) is 2.48. The zero-order chi connectivity index (χ0) is 18.0. The maximum absolute atomic E-state index is 12.7. The number of ether oxygens (including phenoxy) is 1. The van der Waals surface area contributed by atoms with E-state index in [1.807, 2.05) is 0 Å². The quantitative estimate of drug-likeness (QED) is 0.760. The summed E-state index contributed by atoms with van der Waals surface area (Å²) >= 11 is 5.72. The Labute approximate surface area is 148 Å². The van der Waals surface area contributed by atoms with Crippen LogP contribution in [0.1, 0.15) is 39.2 Å². The number of piperidine rings is 1. The lowest BCUT2D eigenvalue weighted by Gasteiger charge is -2.33. The Morgan fingerprint density at radius 2 is 2.12 bits per heavy atom. The average molecular weight is 375 g/mol. The third-order valence-corrected chi connectivity index (χ3v) is 6.05. The highest BCUT2D eigenvalue weighted by atomic mass is 35.5. The summed E-state index contributed by atoms with van der Waals surface area (Å²) in [5, 5.41) is -0.264. The van der Waals surface area contributed by atoms with Crippen LogP contribution in [0.15, 0.2) is 18.3 Å².